The highest BCUT2D eigenvalue weighted by Gasteiger charge is 2.30. The van der Waals surface area contributed by atoms with E-state index in [0.717, 1.165) is 0 Å². The molecule has 0 spiro atoms. The van der Waals surface area contributed by atoms with E-state index in [2.05, 4.69) is 9.97 Å². The highest BCUT2D eigenvalue weighted by Crippen LogP contribution is 2.20. The van der Waals surface area contributed by atoms with Gasteiger partial charge in [-0.15, -0.1) is 0 Å². The van der Waals surface area contributed by atoms with E-state index < -0.39 is 16.1 Å². The molecule has 9 nitrogen and oxygen atoms in total. The van der Waals surface area contributed by atoms with Crippen LogP contribution < -0.4 is 5.69 Å². The topological polar surface area (TPSA) is 116 Å². The summed E-state index contributed by atoms with van der Waals surface area (Å²) in [5, 5.41) is 0. The standard InChI is InChI=1S/C14H18N4O5S/c1-2-23-14(20)17-5-7-18(8-6-17)24(21,22)10-3-4-11-12(9-10)16-13(19)15-11/h3-4,9H,2,5-8H2,1H3,(H2,15,16,19). The lowest BCUT2D eigenvalue weighted by Crippen LogP contribution is -2.50. The molecule has 1 aliphatic rings. The molecular weight excluding hydrogens is 336 g/mol. The number of imidazole rings is 1. The van der Waals surface area contributed by atoms with Gasteiger partial charge >= 0.3 is 11.8 Å². The molecule has 1 aromatic heterocycles. The molecule has 1 saturated heterocycles. The summed E-state index contributed by atoms with van der Waals surface area (Å²) in [5.41, 5.74) is 0.597. The lowest BCUT2D eigenvalue weighted by atomic mass is 10.3. The van der Waals surface area contributed by atoms with Crippen LogP contribution in [0.4, 0.5) is 4.79 Å². The second-order valence-electron chi connectivity index (χ2n) is 5.38. The summed E-state index contributed by atoms with van der Waals surface area (Å²) >= 11 is 0. The molecule has 1 aromatic carbocycles. The Hall–Kier alpha value is -2.33. The molecule has 0 atom stereocenters. The van der Waals surface area contributed by atoms with E-state index in [1.807, 2.05) is 0 Å². The zero-order chi connectivity index (χ0) is 17.3. The molecule has 0 aliphatic carbocycles. The van der Waals surface area contributed by atoms with Crippen LogP contribution in [0.15, 0.2) is 27.9 Å². The van der Waals surface area contributed by atoms with Crippen LogP contribution in [-0.4, -0.2) is 66.5 Å². The monoisotopic (exact) mass is 354 g/mol. The van der Waals surface area contributed by atoms with Crippen molar-refractivity contribution in [2.75, 3.05) is 32.8 Å². The van der Waals surface area contributed by atoms with E-state index in [1.54, 1.807) is 13.0 Å². The van der Waals surface area contributed by atoms with Crippen molar-refractivity contribution in [1.82, 2.24) is 19.2 Å². The number of carbonyl (C=O) groups excluding carboxylic acids is 1. The van der Waals surface area contributed by atoms with E-state index in [-0.39, 0.29) is 43.4 Å². The van der Waals surface area contributed by atoms with E-state index in [1.165, 1.54) is 21.3 Å². The molecule has 0 saturated carbocycles. The van der Waals surface area contributed by atoms with Gasteiger partial charge in [-0.3, -0.25) is 0 Å². The normalized spacial score (nSPS) is 16.5. The van der Waals surface area contributed by atoms with Crippen LogP contribution >= 0.6 is 0 Å². The van der Waals surface area contributed by atoms with Gasteiger partial charge < -0.3 is 19.6 Å². The van der Waals surface area contributed by atoms with Crippen molar-refractivity contribution in [2.45, 2.75) is 11.8 Å². The Morgan fingerprint density at radius 1 is 1.17 bits per heavy atom. The fourth-order valence-electron chi connectivity index (χ4n) is 2.65. The average Bonchev–Trinajstić information content (AvgIpc) is 2.94. The van der Waals surface area contributed by atoms with Gasteiger partial charge in [0.05, 0.1) is 22.5 Å². The number of rotatable bonds is 3. The van der Waals surface area contributed by atoms with E-state index in [4.69, 9.17) is 4.74 Å². The van der Waals surface area contributed by atoms with Gasteiger partial charge in [-0.25, -0.2) is 18.0 Å². The number of piperazine rings is 1. The predicted molar refractivity (Wildman–Crippen MR) is 86.3 cm³/mol. The zero-order valence-electron chi connectivity index (χ0n) is 13.1. The maximum atomic E-state index is 12.7. The Morgan fingerprint density at radius 3 is 2.50 bits per heavy atom. The highest BCUT2D eigenvalue weighted by atomic mass is 32.2. The quantitative estimate of drug-likeness (QED) is 0.823. The maximum absolute atomic E-state index is 12.7. The summed E-state index contributed by atoms with van der Waals surface area (Å²) in [7, 11) is -3.69. The van der Waals surface area contributed by atoms with Gasteiger partial charge in [-0.1, -0.05) is 0 Å². The number of benzene rings is 1. The van der Waals surface area contributed by atoms with Gasteiger partial charge in [0.2, 0.25) is 10.0 Å². The molecule has 2 N–H and O–H groups in total. The molecule has 10 heteroatoms. The minimum Gasteiger partial charge on any atom is -0.450 e. The minimum absolute atomic E-state index is 0.106. The van der Waals surface area contributed by atoms with Crippen molar-refractivity contribution >= 4 is 27.1 Å². The minimum atomic E-state index is -3.69. The Morgan fingerprint density at radius 2 is 1.83 bits per heavy atom. The number of ether oxygens (including phenoxy) is 1. The first-order valence-electron chi connectivity index (χ1n) is 7.55. The number of amides is 1. The lowest BCUT2D eigenvalue weighted by molar-refractivity contribution is 0.0934. The average molecular weight is 354 g/mol. The fourth-order valence-corrected chi connectivity index (χ4v) is 4.10. The lowest BCUT2D eigenvalue weighted by Gasteiger charge is -2.33. The van der Waals surface area contributed by atoms with Gasteiger partial charge in [0.25, 0.3) is 0 Å². The molecule has 24 heavy (non-hydrogen) atoms. The van der Waals surface area contributed by atoms with Crippen LogP contribution in [0.25, 0.3) is 11.0 Å². The number of hydrogen-bond donors (Lipinski definition) is 2. The smallest absolute Gasteiger partial charge is 0.409 e. The van der Waals surface area contributed by atoms with Crippen LogP contribution in [-0.2, 0) is 14.8 Å². The van der Waals surface area contributed by atoms with Crippen molar-refractivity contribution in [1.29, 1.82) is 0 Å². The van der Waals surface area contributed by atoms with Gasteiger partial charge in [0.1, 0.15) is 0 Å². The summed E-state index contributed by atoms with van der Waals surface area (Å²) < 4.78 is 31.7. The number of aromatic nitrogens is 2. The summed E-state index contributed by atoms with van der Waals surface area (Å²) in [5.74, 6) is 0. The molecule has 1 amide bonds. The Labute approximate surface area is 138 Å². The molecule has 0 radical (unpaired) electrons. The van der Waals surface area contributed by atoms with Gasteiger partial charge in [0, 0.05) is 26.2 Å². The molecule has 1 aliphatic heterocycles. The number of aromatic amines is 2. The third-order valence-corrected chi connectivity index (χ3v) is 5.78. The van der Waals surface area contributed by atoms with Crippen LogP contribution in [0, 0.1) is 0 Å². The first-order chi connectivity index (χ1) is 11.4. The Bertz CT molecular complexity index is 909. The van der Waals surface area contributed by atoms with Crippen molar-refractivity contribution in [3.63, 3.8) is 0 Å². The Balaban J connectivity index is 1.78. The van der Waals surface area contributed by atoms with Crippen LogP contribution in [0.5, 0.6) is 0 Å². The van der Waals surface area contributed by atoms with Crippen LogP contribution in [0.1, 0.15) is 6.92 Å². The third kappa shape index (κ3) is 3.02. The molecule has 0 unspecified atom stereocenters. The molecule has 2 aromatic rings. The van der Waals surface area contributed by atoms with E-state index in [9.17, 15) is 18.0 Å². The third-order valence-electron chi connectivity index (χ3n) is 3.89. The molecule has 3 rings (SSSR count). The number of nitrogens with one attached hydrogen (secondary N) is 2. The summed E-state index contributed by atoms with van der Waals surface area (Å²) in [6, 6.07) is 4.44. The molecule has 0 bridgehead atoms. The van der Waals surface area contributed by atoms with Crippen molar-refractivity contribution in [3.8, 4) is 0 Å². The molecule has 1 fully saturated rings. The number of fused-ring (bicyclic) bond motifs is 1. The fraction of sp³-hybridized carbons (Fsp3) is 0.429. The van der Waals surface area contributed by atoms with Crippen LogP contribution in [0.2, 0.25) is 0 Å². The second-order valence-corrected chi connectivity index (χ2v) is 7.31. The number of carbonyl (C=O) groups is 1. The van der Waals surface area contributed by atoms with Gasteiger partial charge in [0.15, 0.2) is 0 Å². The first-order valence-corrected chi connectivity index (χ1v) is 8.99. The zero-order valence-corrected chi connectivity index (χ0v) is 13.9. The van der Waals surface area contributed by atoms with Gasteiger partial charge in [-0.2, -0.15) is 4.31 Å². The van der Waals surface area contributed by atoms with Crippen LogP contribution in [0.3, 0.4) is 0 Å². The van der Waals surface area contributed by atoms with E-state index >= 15 is 0 Å². The van der Waals surface area contributed by atoms with Crippen molar-refractivity contribution in [2.24, 2.45) is 0 Å². The van der Waals surface area contributed by atoms with E-state index in [0.29, 0.717) is 11.0 Å². The molecular formula is C14H18N4O5S. The molecule has 130 valence electrons. The SMILES string of the molecule is CCOC(=O)N1CCN(S(=O)(=O)c2ccc3[nH]c(=O)[nH]c3c2)CC1. The number of sulfonamides is 1. The summed E-state index contributed by atoms with van der Waals surface area (Å²) in [4.78, 5) is 29.7. The number of nitrogens with zero attached hydrogens (tertiary/aromatic N) is 2. The summed E-state index contributed by atoms with van der Waals surface area (Å²) in [6.07, 6.45) is -0.430. The second kappa shape index (κ2) is 6.29. The largest absolute Gasteiger partial charge is 0.450 e. The highest BCUT2D eigenvalue weighted by molar-refractivity contribution is 7.89. The maximum Gasteiger partial charge on any atom is 0.409 e. The van der Waals surface area contributed by atoms with Crippen molar-refractivity contribution < 1.29 is 17.9 Å². The van der Waals surface area contributed by atoms with Gasteiger partial charge in [-0.05, 0) is 25.1 Å². The Kier molecular flexibility index (Phi) is 4.33. The first kappa shape index (κ1) is 16.5. The number of hydrogen-bond acceptors (Lipinski definition) is 5. The summed E-state index contributed by atoms with van der Waals surface area (Å²) in [6.45, 7) is 2.96. The number of H-pyrrole nitrogens is 2. The molecule has 2 heterocycles. The predicted octanol–water partition coefficient (Wildman–Crippen LogP) is 0.319. The van der Waals surface area contributed by atoms with Crippen molar-refractivity contribution in [3.05, 3.63) is 28.7 Å².